The van der Waals surface area contributed by atoms with E-state index in [1.807, 2.05) is 0 Å². The molecule has 9 amide bonds. The zero-order chi connectivity index (χ0) is 108. The maximum Gasteiger partial charge on any atom is 0.430 e. The van der Waals surface area contributed by atoms with Crippen molar-refractivity contribution in [2.45, 2.75) is 96.4 Å². The number of carbonyl (C=O) groups is 9. The smallest absolute Gasteiger partial charge is 0.430 e. The fourth-order valence-electron chi connectivity index (χ4n) is 12.9. The number of rotatable bonds is 44. The van der Waals surface area contributed by atoms with Gasteiger partial charge in [0.15, 0.2) is 13.7 Å². The van der Waals surface area contributed by atoms with Crippen LogP contribution in [-0.4, -0.2) is 241 Å². The van der Waals surface area contributed by atoms with Crippen molar-refractivity contribution in [3.05, 3.63) is 307 Å². The minimum Gasteiger partial charge on any atom is -0.542 e. The van der Waals surface area contributed by atoms with E-state index in [4.69, 9.17) is 36.7 Å². The molecular formula is C95H108BF3N18O27S4. The Kier molecular flexibility index (Phi) is 44.8. The zero-order valence-electron chi connectivity index (χ0n) is 80.1. The molecule has 53 heteroatoms. The van der Waals surface area contributed by atoms with Crippen molar-refractivity contribution < 1.29 is 125 Å². The molecule has 4 atom stereocenters. The summed E-state index contributed by atoms with van der Waals surface area (Å²) in [6.07, 6.45) is 3.37. The Hall–Kier alpha value is -15.9. The number of sulfonamides is 4. The first-order valence-electron chi connectivity index (χ1n) is 45.0. The maximum absolute atomic E-state index is 12.7. The number of fused-ring (bicyclic) bond motifs is 4. The van der Waals surface area contributed by atoms with Crippen LogP contribution in [0, 0.1) is 0 Å². The van der Waals surface area contributed by atoms with Crippen molar-refractivity contribution in [3.8, 4) is 23.0 Å². The normalized spacial score (nSPS) is 12.1. The SMILES string of the molecule is CNC(=O)NCCCOc1ccc2cc(C(=O)NC[C@@H](C)NS(=O)(=O)c3ccccc3)cc(=O)n2c1.CNC(=O)NCCCOc1ccc2cc(C(=O)NC[C@H](NS(=O)(=O)c3ccccc3)C(=O)O)cc(=O)n2c1.C[C@H](CNC(=O)c1cc(=O)n2cc(OCCC[NH3+])ccc2c1)NS(=O)(=O)c1ccccc1.O=C([O-])C(F)(F)F.[B]C(=O)NCCCOc1ccc2cc(C(=O)NC[C@@H](C)NS(=O)(=O)c3ccccc3)cc(=O)n2c1. The third-order valence-electron chi connectivity index (χ3n) is 20.2. The van der Waals surface area contributed by atoms with E-state index in [1.54, 1.807) is 154 Å². The van der Waals surface area contributed by atoms with Crippen LogP contribution in [-0.2, 0) is 49.7 Å². The molecule has 0 bridgehead atoms. The average Bonchev–Trinajstić information content (AvgIpc) is 0.806. The Balaban J connectivity index is 0.000000235. The van der Waals surface area contributed by atoms with Gasteiger partial charge in [-0.15, -0.1) is 0 Å². The number of halogens is 3. The summed E-state index contributed by atoms with van der Waals surface area (Å²) in [5, 5.41) is 41.2. The number of nitrogens with zero attached hydrogens (tertiary/aromatic N) is 4. The van der Waals surface area contributed by atoms with Crippen molar-refractivity contribution in [2.24, 2.45) is 0 Å². The molecule has 12 aromatic rings. The number of alkyl halides is 3. The number of aromatic nitrogens is 4. The number of nitrogens with one attached hydrogen (secondary N) is 13. The van der Waals surface area contributed by atoms with E-state index in [1.165, 1.54) is 135 Å². The predicted octanol–water partition coefficient (Wildman–Crippen LogP) is 2.00. The molecule has 0 fully saturated rings. The molecule has 788 valence electrons. The van der Waals surface area contributed by atoms with Gasteiger partial charge in [0.1, 0.15) is 35.0 Å². The number of hydrogen-bond donors (Lipinski definition) is 15. The summed E-state index contributed by atoms with van der Waals surface area (Å²) in [7, 11) is -7.22. The number of amides is 9. The number of hydrogen-bond acceptors (Lipinski definition) is 26. The van der Waals surface area contributed by atoms with Crippen LogP contribution in [0.2, 0.25) is 0 Å². The zero-order valence-corrected chi connectivity index (χ0v) is 83.4. The summed E-state index contributed by atoms with van der Waals surface area (Å²) in [6, 6.07) is 51.3. The molecule has 148 heavy (non-hydrogen) atoms. The van der Waals surface area contributed by atoms with Crippen LogP contribution < -0.4 is 119 Å². The van der Waals surface area contributed by atoms with Crippen LogP contribution in [0.3, 0.4) is 0 Å². The third-order valence-corrected chi connectivity index (χ3v) is 26.5. The van der Waals surface area contributed by atoms with Gasteiger partial charge in [0.25, 0.3) is 45.9 Å². The molecule has 0 unspecified atom stereocenters. The van der Waals surface area contributed by atoms with E-state index in [0.29, 0.717) is 110 Å². The standard InChI is InChI=1S/C24H27N5O8S.C24H29N5O6S.C23H25BN4O6S.C22H26N4O5S.C2HF3O2/c1-25-24(34)26-10-5-11-37-18-9-8-17-12-16(13-21(30)29(17)15-18)22(31)27-14-20(23(32)33)28-38(35,36)19-6-3-2-4-7-19;1-17(28-36(33,34)21-7-4-3-5-8-21)15-27-23(31)18-13-19-9-10-20(16-29(19)22(30)14-18)35-12-6-11-26-24(32)25-2;1-16(27-35(32,33)20-6-3-2-4-7-20)14-26-22(30)17-12-18-8-9-19(15-28(18)21(29)13-17)34-11-5-10-25-23(24)31;1-16(25-32(29,30)20-6-3-2-4-7-20)14-24-22(28)17-12-18-8-9-19(31-11-5-10-23)15-26(18)21(27)13-17;3-2(4,5)1(6)7/h2-4,6-9,12-13,15,20,28H,5,10-11,14H2,1H3,(H,27,31)(H,32,33)(H2,25,26,34);3-5,7-10,13-14,16-17,28H,6,11-12,15H2,1-2H3,(H,27,31)(H2,25,26,32);2-4,6-9,12-13,15-16,27H,5,10-11,14H2,1H3,(H,25,31)(H,26,30);2-4,6-9,12-13,15-16,25H,5,10-11,14,23H2,1H3,(H,24,28);(H,6,7)/t20-;17-;2*16-;/m0111./s1. The Morgan fingerprint density at radius 2 is 0.615 bits per heavy atom. The van der Waals surface area contributed by atoms with Crippen LogP contribution >= 0.6 is 0 Å². The number of aliphatic carboxylic acids is 2. The molecule has 4 aromatic carbocycles. The molecule has 8 heterocycles. The van der Waals surface area contributed by atoms with Crippen LogP contribution in [0.1, 0.15) is 87.9 Å². The minimum absolute atomic E-state index is 0.0287. The van der Waals surface area contributed by atoms with Gasteiger partial charge in [0.05, 0.1) is 77.3 Å². The molecule has 0 aliphatic rings. The highest BCUT2D eigenvalue weighted by Gasteiger charge is 2.30. The van der Waals surface area contributed by atoms with Gasteiger partial charge in [-0.3, -0.25) is 65.5 Å². The van der Waals surface area contributed by atoms with Gasteiger partial charge in [0.2, 0.25) is 40.1 Å². The highest BCUT2D eigenvalue weighted by molar-refractivity contribution is 7.90. The van der Waals surface area contributed by atoms with Gasteiger partial charge >= 0.3 is 24.2 Å². The van der Waals surface area contributed by atoms with Crippen LogP contribution in [0.4, 0.5) is 27.6 Å². The van der Waals surface area contributed by atoms with Crippen LogP contribution in [0.15, 0.2) is 282 Å². The van der Waals surface area contributed by atoms with Crippen molar-refractivity contribution in [2.75, 3.05) is 92.9 Å². The number of carbonyl (C=O) groups excluding carboxylic acids is 8. The van der Waals surface area contributed by atoms with Crippen LogP contribution in [0.5, 0.6) is 23.0 Å². The van der Waals surface area contributed by atoms with Crippen molar-refractivity contribution in [3.63, 3.8) is 0 Å². The van der Waals surface area contributed by atoms with E-state index in [-0.39, 0.29) is 79.1 Å². The number of quaternary nitrogens is 1. The maximum atomic E-state index is 12.7. The monoisotopic (exact) mass is 2130 g/mol. The summed E-state index contributed by atoms with van der Waals surface area (Å²) >= 11 is 0. The van der Waals surface area contributed by atoms with Crippen molar-refractivity contribution >= 4 is 123 Å². The first kappa shape index (κ1) is 117. The first-order valence-corrected chi connectivity index (χ1v) is 51.0. The average molecular weight is 2130 g/mol. The van der Waals surface area contributed by atoms with Gasteiger partial charge in [-0.25, -0.2) is 57.4 Å². The van der Waals surface area contributed by atoms with E-state index >= 15 is 0 Å². The summed E-state index contributed by atoms with van der Waals surface area (Å²) in [5.74, 6) is -5.42. The van der Waals surface area contributed by atoms with E-state index < -0.39 is 135 Å². The highest BCUT2D eigenvalue weighted by atomic mass is 32.2. The Morgan fingerprint density at radius 1 is 0.372 bits per heavy atom. The van der Waals surface area contributed by atoms with Gasteiger partial charge in [-0.05, 0) is 161 Å². The fraction of sp³-hybridized carbons (Fsp3) is 0.274. The third kappa shape index (κ3) is 37.9. The second-order valence-corrected chi connectivity index (χ2v) is 38.7. The molecule has 45 nitrogen and oxygen atoms in total. The molecule has 0 saturated carbocycles. The van der Waals surface area contributed by atoms with Crippen molar-refractivity contribution in [1.82, 2.24) is 84.3 Å². The van der Waals surface area contributed by atoms with Gasteiger partial charge in [-0.1, -0.05) is 72.8 Å². The molecule has 0 saturated heterocycles. The lowest BCUT2D eigenvalue weighted by Crippen LogP contribution is -2.50. The van der Waals surface area contributed by atoms with Gasteiger partial charge in [0, 0.05) is 153 Å². The highest BCUT2D eigenvalue weighted by Crippen LogP contribution is 2.21. The summed E-state index contributed by atoms with van der Waals surface area (Å²) < 4.78 is 168. The first-order chi connectivity index (χ1) is 70.2. The van der Waals surface area contributed by atoms with Gasteiger partial charge in [-0.2, -0.15) is 17.9 Å². The lowest BCUT2D eigenvalue weighted by molar-refractivity contribution is -0.368. The Morgan fingerprint density at radius 3 is 0.851 bits per heavy atom. The molecule has 12 rings (SSSR count). The topological polar surface area (TPSA) is 640 Å². The number of carboxylic acids is 2. The molecule has 2 radical (unpaired) electrons. The molecule has 0 aliphatic heterocycles. The molecular weight excluding hydrogens is 2020 g/mol. The lowest BCUT2D eigenvalue weighted by Gasteiger charge is -2.16. The van der Waals surface area contributed by atoms with Crippen molar-refractivity contribution in [1.29, 1.82) is 0 Å². The summed E-state index contributed by atoms with van der Waals surface area (Å²) in [5.41, 5.74) is 4.42. The minimum atomic E-state index is -5.19. The number of urea groups is 2. The second kappa shape index (κ2) is 56.5. The quantitative estimate of drug-likeness (QED) is 0.0192. The number of benzene rings is 4. The molecule has 17 N–H and O–H groups in total. The lowest BCUT2D eigenvalue weighted by atomic mass is 10.1. The second-order valence-electron chi connectivity index (χ2n) is 31.9. The Bertz CT molecular complexity index is 7400. The number of ether oxygens (including phenoxy) is 4. The summed E-state index contributed by atoms with van der Waals surface area (Å²) in [6.45, 7) is 7.91. The van der Waals surface area contributed by atoms with E-state index in [9.17, 15) is 109 Å². The largest absolute Gasteiger partial charge is 0.542 e. The molecule has 0 spiro atoms. The van der Waals surface area contributed by atoms with Gasteiger partial charge < -0.3 is 87.5 Å². The number of carboxylic acid groups (broad SMARTS) is 2. The van der Waals surface area contributed by atoms with Crippen LogP contribution in [0.25, 0.3) is 22.1 Å². The Labute approximate surface area is 846 Å². The fourth-order valence-corrected chi connectivity index (χ4v) is 17.9. The van der Waals surface area contributed by atoms with E-state index in [0.717, 1.165) is 19.0 Å². The predicted molar refractivity (Wildman–Crippen MR) is 534 cm³/mol. The molecule has 8 aromatic heterocycles. The number of pyridine rings is 8. The summed E-state index contributed by atoms with van der Waals surface area (Å²) in [4.78, 5) is 154. The van der Waals surface area contributed by atoms with E-state index in [2.05, 4.69) is 72.5 Å². The molecule has 0 aliphatic carbocycles.